The van der Waals surface area contributed by atoms with Gasteiger partial charge >= 0.3 is 0 Å². The first-order valence-corrected chi connectivity index (χ1v) is 7.35. The zero-order valence-corrected chi connectivity index (χ0v) is 12.0. The molecule has 0 saturated heterocycles. The van der Waals surface area contributed by atoms with E-state index in [4.69, 9.17) is 15.9 Å². The van der Waals surface area contributed by atoms with E-state index in [2.05, 4.69) is 6.92 Å². The lowest BCUT2D eigenvalue weighted by Crippen LogP contribution is -2.27. The summed E-state index contributed by atoms with van der Waals surface area (Å²) in [7, 11) is 0. The molecule has 2 rings (SSSR count). The first-order valence-electron chi connectivity index (χ1n) is 7.35. The van der Waals surface area contributed by atoms with Gasteiger partial charge in [-0.3, -0.25) is 5.41 Å². The molecule has 20 heavy (non-hydrogen) atoms. The second kappa shape index (κ2) is 6.84. The van der Waals surface area contributed by atoms with Crippen molar-refractivity contribution in [3.05, 3.63) is 35.1 Å². The molecule has 1 aliphatic rings. The van der Waals surface area contributed by atoms with Gasteiger partial charge in [-0.1, -0.05) is 26.2 Å². The predicted octanol–water partition coefficient (Wildman–Crippen LogP) is 3.60. The zero-order chi connectivity index (χ0) is 14.5. The average molecular weight is 278 g/mol. The van der Waals surface area contributed by atoms with Crippen molar-refractivity contribution in [2.45, 2.75) is 51.7 Å². The van der Waals surface area contributed by atoms with E-state index in [1.807, 2.05) is 0 Å². The SMILES string of the molecule is CCC1CCCCC1OCc1cc(F)cc(C(=N)N)c1. The highest BCUT2D eigenvalue weighted by Gasteiger charge is 2.24. The molecule has 0 heterocycles. The summed E-state index contributed by atoms with van der Waals surface area (Å²) in [5, 5.41) is 7.39. The summed E-state index contributed by atoms with van der Waals surface area (Å²) in [6, 6.07) is 4.46. The summed E-state index contributed by atoms with van der Waals surface area (Å²) >= 11 is 0. The van der Waals surface area contributed by atoms with Crippen molar-refractivity contribution in [1.82, 2.24) is 0 Å². The minimum absolute atomic E-state index is 0.116. The van der Waals surface area contributed by atoms with Crippen LogP contribution in [-0.2, 0) is 11.3 Å². The Kier molecular flexibility index (Phi) is 5.12. The Hall–Kier alpha value is -1.42. The lowest BCUT2D eigenvalue weighted by Gasteiger charge is -2.30. The van der Waals surface area contributed by atoms with Crippen molar-refractivity contribution < 1.29 is 9.13 Å². The summed E-state index contributed by atoms with van der Waals surface area (Å²) in [6.07, 6.45) is 6.22. The van der Waals surface area contributed by atoms with Crippen LogP contribution in [-0.4, -0.2) is 11.9 Å². The first-order chi connectivity index (χ1) is 9.60. The number of nitrogen functional groups attached to an aromatic ring is 1. The Bertz CT molecular complexity index is 476. The van der Waals surface area contributed by atoms with Crippen LogP contribution in [0.1, 0.15) is 50.2 Å². The minimum atomic E-state index is -0.369. The molecule has 1 aliphatic carbocycles. The summed E-state index contributed by atoms with van der Waals surface area (Å²) in [5.74, 6) is 0.131. The number of rotatable bonds is 5. The molecule has 0 spiro atoms. The Labute approximate surface area is 119 Å². The molecule has 4 heteroatoms. The number of amidine groups is 1. The molecule has 0 amide bonds. The number of benzene rings is 1. The molecule has 1 fully saturated rings. The van der Waals surface area contributed by atoms with Crippen molar-refractivity contribution in [2.75, 3.05) is 0 Å². The van der Waals surface area contributed by atoms with E-state index >= 15 is 0 Å². The van der Waals surface area contributed by atoms with Crippen LogP contribution in [0.4, 0.5) is 4.39 Å². The maximum absolute atomic E-state index is 13.5. The smallest absolute Gasteiger partial charge is 0.124 e. The van der Waals surface area contributed by atoms with Crippen LogP contribution >= 0.6 is 0 Å². The summed E-state index contributed by atoms with van der Waals surface area (Å²) < 4.78 is 19.5. The highest BCUT2D eigenvalue weighted by atomic mass is 19.1. The highest BCUT2D eigenvalue weighted by Crippen LogP contribution is 2.29. The van der Waals surface area contributed by atoms with Gasteiger partial charge in [0.1, 0.15) is 11.7 Å². The fraction of sp³-hybridized carbons (Fsp3) is 0.562. The molecule has 110 valence electrons. The van der Waals surface area contributed by atoms with Gasteiger partial charge in [-0.2, -0.15) is 0 Å². The van der Waals surface area contributed by atoms with Gasteiger partial charge in [-0.15, -0.1) is 0 Å². The lowest BCUT2D eigenvalue weighted by atomic mass is 9.85. The van der Waals surface area contributed by atoms with Gasteiger partial charge in [-0.25, -0.2) is 4.39 Å². The number of hydrogen-bond donors (Lipinski definition) is 2. The maximum atomic E-state index is 13.5. The van der Waals surface area contributed by atoms with E-state index < -0.39 is 0 Å². The Morgan fingerprint density at radius 2 is 2.10 bits per heavy atom. The first kappa shape index (κ1) is 15.0. The minimum Gasteiger partial charge on any atom is -0.384 e. The number of hydrogen-bond acceptors (Lipinski definition) is 2. The van der Waals surface area contributed by atoms with Gasteiger partial charge in [0, 0.05) is 5.56 Å². The number of ether oxygens (including phenoxy) is 1. The van der Waals surface area contributed by atoms with Crippen molar-refractivity contribution in [3.63, 3.8) is 0 Å². The fourth-order valence-corrected chi connectivity index (χ4v) is 2.95. The van der Waals surface area contributed by atoms with Crippen LogP contribution in [0.3, 0.4) is 0 Å². The van der Waals surface area contributed by atoms with Crippen molar-refractivity contribution >= 4 is 5.84 Å². The third-order valence-electron chi connectivity index (χ3n) is 4.10. The Balaban J connectivity index is 2.01. The summed E-state index contributed by atoms with van der Waals surface area (Å²) in [4.78, 5) is 0. The van der Waals surface area contributed by atoms with Gasteiger partial charge in [0.25, 0.3) is 0 Å². The normalized spacial score (nSPS) is 22.7. The molecule has 2 atom stereocenters. The molecule has 0 aliphatic heterocycles. The van der Waals surface area contributed by atoms with Crippen LogP contribution in [0.25, 0.3) is 0 Å². The van der Waals surface area contributed by atoms with E-state index in [1.54, 1.807) is 6.07 Å². The molecule has 2 unspecified atom stereocenters. The third-order valence-corrected chi connectivity index (χ3v) is 4.10. The molecular formula is C16H23FN2O. The molecule has 0 aromatic heterocycles. The van der Waals surface area contributed by atoms with E-state index in [0.717, 1.165) is 18.4 Å². The molecule has 3 nitrogen and oxygen atoms in total. The van der Waals surface area contributed by atoms with Crippen molar-refractivity contribution in [1.29, 1.82) is 5.41 Å². The maximum Gasteiger partial charge on any atom is 0.124 e. The van der Waals surface area contributed by atoms with E-state index in [1.165, 1.54) is 31.4 Å². The molecule has 1 aromatic carbocycles. The average Bonchev–Trinajstić information content (AvgIpc) is 2.44. The van der Waals surface area contributed by atoms with E-state index in [-0.39, 0.29) is 17.8 Å². The molecule has 1 aromatic rings. The quantitative estimate of drug-likeness (QED) is 0.638. The van der Waals surface area contributed by atoms with Crippen LogP contribution in [0.15, 0.2) is 18.2 Å². The van der Waals surface area contributed by atoms with Gasteiger partial charge in [0.15, 0.2) is 0 Å². The predicted molar refractivity (Wildman–Crippen MR) is 78.2 cm³/mol. The summed E-state index contributed by atoms with van der Waals surface area (Å²) in [5.41, 5.74) is 6.57. The lowest BCUT2D eigenvalue weighted by molar-refractivity contribution is -0.0222. The molecular weight excluding hydrogens is 255 g/mol. The van der Waals surface area contributed by atoms with E-state index in [9.17, 15) is 4.39 Å². The molecule has 1 saturated carbocycles. The topological polar surface area (TPSA) is 59.1 Å². The summed E-state index contributed by atoms with van der Waals surface area (Å²) in [6.45, 7) is 2.58. The third kappa shape index (κ3) is 3.79. The molecule has 0 radical (unpaired) electrons. The van der Waals surface area contributed by atoms with Crippen molar-refractivity contribution in [3.8, 4) is 0 Å². The second-order valence-electron chi connectivity index (χ2n) is 5.56. The zero-order valence-electron chi connectivity index (χ0n) is 12.0. The number of halogens is 1. The number of nitrogens with one attached hydrogen (secondary N) is 1. The monoisotopic (exact) mass is 278 g/mol. The number of nitrogens with two attached hydrogens (primary N) is 1. The highest BCUT2D eigenvalue weighted by molar-refractivity contribution is 5.95. The van der Waals surface area contributed by atoms with Gasteiger partial charge < -0.3 is 10.5 Å². The van der Waals surface area contributed by atoms with Crippen LogP contribution in [0, 0.1) is 17.1 Å². The largest absolute Gasteiger partial charge is 0.384 e. The van der Waals surface area contributed by atoms with Gasteiger partial charge in [0.05, 0.1) is 12.7 Å². The second-order valence-corrected chi connectivity index (χ2v) is 5.56. The van der Waals surface area contributed by atoms with Gasteiger partial charge in [-0.05, 0) is 42.5 Å². The molecule has 3 N–H and O–H groups in total. The van der Waals surface area contributed by atoms with Gasteiger partial charge in [0.2, 0.25) is 0 Å². The van der Waals surface area contributed by atoms with Crippen LogP contribution < -0.4 is 5.73 Å². The van der Waals surface area contributed by atoms with Crippen molar-refractivity contribution in [2.24, 2.45) is 11.7 Å². The standard InChI is InChI=1S/C16H23FN2O/c1-2-12-5-3-4-6-15(12)20-10-11-7-13(16(18)19)9-14(17)8-11/h7-9,12,15H,2-6,10H2,1H3,(H3,18,19). The molecule has 0 bridgehead atoms. The Morgan fingerprint density at radius 1 is 1.35 bits per heavy atom. The van der Waals surface area contributed by atoms with Crippen LogP contribution in [0.2, 0.25) is 0 Å². The van der Waals surface area contributed by atoms with E-state index in [0.29, 0.717) is 18.1 Å². The fourth-order valence-electron chi connectivity index (χ4n) is 2.95. The Morgan fingerprint density at radius 3 is 2.80 bits per heavy atom. The van der Waals surface area contributed by atoms with Crippen LogP contribution in [0.5, 0.6) is 0 Å².